The predicted molar refractivity (Wildman–Crippen MR) is 94.0 cm³/mol. The standard InChI is InChI=1S/C19H23F3N2O4/c1-27-10-9-23-7-5-18(17(23)26)6-8-24(12-18)16(25)13-3-4-15(28-2)14(11-13)19(20,21)22/h3-4,11H,5-10,12H2,1-2H3. The molecule has 0 N–H and O–H groups in total. The van der Waals surface area contributed by atoms with Crippen molar-refractivity contribution in [2.24, 2.45) is 5.41 Å². The van der Waals surface area contributed by atoms with E-state index in [0.29, 0.717) is 39.1 Å². The van der Waals surface area contributed by atoms with E-state index in [0.717, 1.165) is 19.2 Å². The highest BCUT2D eigenvalue weighted by molar-refractivity contribution is 5.96. The number of nitrogens with zero attached hydrogens (tertiary/aromatic N) is 2. The van der Waals surface area contributed by atoms with Crippen LogP contribution in [0.4, 0.5) is 13.2 Å². The van der Waals surface area contributed by atoms with Gasteiger partial charge in [0.2, 0.25) is 5.91 Å². The van der Waals surface area contributed by atoms with E-state index < -0.39 is 23.1 Å². The first-order valence-electron chi connectivity index (χ1n) is 9.05. The number of carbonyl (C=O) groups excluding carboxylic acids is 2. The van der Waals surface area contributed by atoms with Crippen LogP contribution in [0, 0.1) is 5.41 Å². The van der Waals surface area contributed by atoms with Crippen molar-refractivity contribution in [2.75, 3.05) is 47.0 Å². The maximum atomic E-state index is 13.2. The summed E-state index contributed by atoms with van der Waals surface area (Å²) in [7, 11) is 2.72. The number of hydrogen-bond acceptors (Lipinski definition) is 4. The molecule has 1 spiro atoms. The molecule has 2 fully saturated rings. The minimum Gasteiger partial charge on any atom is -0.496 e. The highest BCUT2D eigenvalue weighted by Gasteiger charge is 2.51. The Morgan fingerprint density at radius 3 is 2.57 bits per heavy atom. The largest absolute Gasteiger partial charge is 0.496 e. The van der Waals surface area contributed by atoms with Crippen LogP contribution in [0.1, 0.15) is 28.8 Å². The van der Waals surface area contributed by atoms with Crippen molar-refractivity contribution < 1.29 is 32.2 Å². The zero-order valence-electron chi connectivity index (χ0n) is 15.8. The van der Waals surface area contributed by atoms with Gasteiger partial charge in [-0.25, -0.2) is 0 Å². The smallest absolute Gasteiger partial charge is 0.419 e. The summed E-state index contributed by atoms with van der Waals surface area (Å²) < 4.78 is 49.5. The van der Waals surface area contributed by atoms with Crippen molar-refractivity contribution in [1.82, 2.24) is 9.80 Å². The van der Waals surface area contributed by atoms with Gasteiger partial charge in [-0.2, -0.15) is 13.2 Å². The highest BCUT2D eigenvalue weighted by atomic mass is 19.4. The van der Waals surface area contributed by atoms with E-state index in [1.807, 2.05) is 0 Å². The second kappa shape index (κ2) is 7.62. The van der Waals surface area contributed by atoms with E-state index in [1.165, 1.54) is 11.0 Å². The minimum atomic E-state index is -4.63. The van der Waals surface area contributed by atoms with Gasteiger partial charge in [0.05, 0.1) is 24.7 Å². The van der Waals surface area contributed by atoms with Crippen LogP contribution < -0.4 is 4.74 Å². The zero-order chi connectivity index (χ0) is 20.5. The summed E-state index contributed by atoms with van der Waals surface area (Å²) in [6.45, 7) is 2.11. The number of halogens is 3. The lowest BCUT2D eigenvalue weighted by atomic mass is 9.85. The van der Waals surface area contributed by atoms with E-state index in [9.17, 15) is 22.8 Å². The first kappa shape index (κ1) is 20.4. The molecule has 2 heterocycles. The van der Waals surface area contributed by atoms with Crippen LogP contribution in [-0.2, 0) is 15.7 Å². The summed E-state index contributed by atoms with van der Waals surface area (Å²) in [5, 5.41) is 0. The second-order valence-electron chi connectivity index (χ2n) is 7.20. The lowest BCUT2D eigenvalue weighted by molar-refractivity contribution is -0.138. The van der Waals surface area contributed by atoms with Gasteiger partial charge in [0.15, 0.2) is 0 Å². The van der Waals surface area contributed by atoms with Crippen LogP contribution in [0.3, 0.4) is 0 Å². The lowest BCUT2D eigenvalue weighted by Crippen LogP contribution is -2.39. The number of rotatable bonds is 5. The Hall–Kier alpha value is -2.29. The Kier molecular flexibility index (Phi) is 5.56. The normalized spacial score (nSPS) is 22.4. The van der Waals surface area contributed by atoms with Gasteiger partial charge < -0.3 is 19.3 Å². The average Bonchev–Trinajstić information content (AvgIpc) is 3.23. The summed E-state index contributed by atoms with van der Waals surface area (Å²) in [6, 6.07) is 3.28. The van der Waals surface area contributed by atoms with Gasteiger partial charge in [-0.1, -0.05) is 0 Å². The first-order chi connectivity index (χ1) is 13.2. The van der Waals surface area contributed by atoms with Crippen molar-refractivity contribution in [3.63, 3.8) is 0 Å². The third-order valence-corrected chi connectivity index (χ3v) is 5.56. The van der Waals surface area contributed by atoms with Gasteiger partial charge >= 0.3 is 6.18 Å². The Morgan fingerprint density at radius 2 is 1.93 bits per heavy atom. The summed E-state index contributed by atoms with van der Waals surface area (Å²) in [6.07, 6.45) is -3.48. The SMILES string of the molecule is COCCN1CCC2(CCN(C(=O)c3ccc(OC)c(C(F)(F)F)c3)C2)C1=O. The number of amides is 2. The van der Waals surface area contributed by atoms with E-state index >= 15 is 0 Å². The molecule has 154 valence electrons. The fourth-order valence-electron chi connectivity index (χ4n) is 3.98. The molecule has 2 aliphatic heterocycles. The molecule has 0 aromatic heterocycles. The van der Waals surface area contributed by atoms with Gasteiger partial charge in [-0.3, -0.25) is 9.59 Å². The molecule has 1 aromatic carbocycles. The monoisotopic (exact) mass is 400 g/mol. The topological polar surface area (TPSA) is 59.1 Å². The van der Waals surface area contributed by atoms with E-state index in [1.54, 1.807) is 12.0 Å². The van der Waals surface area contributed by atoms with Crippen LogP contribution in [-0.4, -0.2) is 68.6 Å². The molecular weight excluding hydrogens is 377 g/mol. The number of ether oxygens (including phenoxy) is 2. The van der Waals surface area contributed by atoms with Crippen molar-refractivity contribution in [3.8, 4) is 5.75 Å². The Labute approximate surface area is 161 Å². The molecule has 2 saturated heterocycles. The summed E-state index contributed by atoms with van der Waals surface area (Å²) in [4.78, 5) is 28.8. The first-order valence-corrected chi connectivity index (χ1v) is 9.05. The van der Waals surface area contributed by atoms with Gasteiger partial charge in [-0.05, 0) is 31.0 Å². The van der Waals surface area contributed by atoms with Crippen molar-refractivity contribution in [1.29, 1.82) is 0 Å². The Morgan fingerprint density at radius 1 is 1.21 bits per heavy atom. The van der Waals surface area contributed by atoms with Crippen LogP contribution in [0.2, 0.25) is 0 Å². The van der Waals surface area contributed by atoms with Crippen molar-refractivity contribution in [3.05, 3.63) is 29.3 Å². The van der Waals surface area contributed by atoms with Crippen LogP contribution in [0.15, 0.2) is 18.2 Å². The lowest BCUT2D eigenvalue weighted by Gasteiger charge is -2.24. The fraction of sp³-hybridized carbons (Fsp3) is 0.579. The molecule has 28 heavy (non-hydrogen) atoms. The average molecular weight is 400 g/mol. The van der Waals surface area contributed by atoms with Crippen LogP contribution >= 0.6 is 0 Å². The maximum absolute atomic E-state index is 13.2. The second-order valence-corrected chi connectivity index (χ2v) is 7.20. The quantitative estimate of drug-likeness (QED) is 0.762. The molecular formula is C19H23F3N2O4. The van der Waals surface area contributed by atoms with E-state index in [2.05, 4.69) is 0 Å². The molecule has 1 unspecified atom stereocenters. The number of carbonyl (C=O) groups is 2. The van der Waals surface area contributed by atoms with Gasteiger partial charge in [0.25, 0.3) is 5.91 Å². The molecule has 0 aliphatic carbocycles. The molecule has 0 saturated carbocycles. The molecule has 2 amide bonds. The maximum Gasteiger partial charge on any atom is 0.419 e. The van der Waals surface area contributed by atoms with Gasteiger partial charge in [0.1, 0.15) is 5.75 Å². The summed E-state index contributed by atoms with van der Waals surface area (Å²) in [5.41, 5.74) is -1.69. The molecule has 9 heteroatoms. The van der Waals surface area contributed by atoms with Crippen LogP contribution in [0.25, 0.3) is 0 Å². The molecule has 1 atom stereocenters. The predicted octanol–water partition coefficient (Wildman–Crippen LogP) is 2.43. The van der Waals surface area contributed by atoms with E-state index in [4.69, 9.17) is 9.47 Å². The Bertz CT molecular complexity index is 768. The minimum absolute atomic E-state index is 0.00874. The molecule has 0 radical (unpaired) electrons. The number of likely N-dealkylation sites (tertiary alicyclic amines) is 2. The molecule has 2 aliphatic rings. The summed E-state index contributed by atoms with van der Waals surface area (Å²) >= 11 is 0. The number of hydrogen-bond donors (Lipinski definition) is 0. The van der Waals surface area contributed by atoms with E-state index in [-0.39, 0.29) is 23.8 Å². The van der Waals surface area contributed by atoms with Crippen molar-refractivity contribution >= 4 is 11.8 Å². The Balaban J connectivity index is 1.76. The molecule has 6 nitrogen and oxygen atoms in total. The van der Waals surface area contributed by atoms with Gasteiger partial charge in [-0.15, -0.1) is 0 Å². The number of alkyl halides is 3. The molecule has 3 rings (SSSR count). The number of methoxy groups -OCH3 is 2. The highest BCUT2D eigenvalue weighted by Crippen LogP contribution is 2.42. The van der Waals surface area contributed by atoms with Crippen LogP contribution in [0.5, 0.6) is 5.75 Å². The third-order valence-electron chi connectivity index (χ3n) is 5.56. The number of benzene rings is 1. The summed E-state index contributed by atoms with van der Waals surface area (Å²) in [5.74, 6) is -0.847. The zero-order valence-corrected chi connectivity index (χ0v) is 15.8. The van der Waals surface area contributed by atoms with Crippen molar-refractivity contribution in [2.45, 2.75) is 19.0 Å². The fourth-order valence-corrected chi connectivity index (χ4v) is 3.98. The third kappa shape index (κ3) is 3.67. The molecule has 1 aromatic rings. The van der Waals surface area contributed by atoms with Gasteiger partial charge in [0, 0.05) is 38.9 Å². The molecule has 0 bridgehead atoms.